The van der Waals surface area contributed by atoms with E-state index in [1.807, 2.05) is 19.3 Å². The van der Waals surface area contributed by atoms with Crippen LogP contribution in [0.25, 0.3) is 0 Å². The minimum Gasteiger partial charge on any atom is -0.294 e. The molecular formula is C7H12OS. The van der Waals surface area contributed by atoms with Crippen LogP contribution in [-0.2, 0) is 4.79 Å². The van der Waals surface area contributed by atoms with E-state index >= 15 is 0 Å². The van der Waals surface area contributed by atoms with Gasteiger partial charge in [0.1, 0.15) is 0 Å². The van der Waals surface area contributed by atoms with Crippen LogP contribution in [0.2, 0.25) is 0 Å². The highest BCUT2D eigenvalue weighted by atomic mass is 32.2. The van der Waals surface area contributed by atoms with Crippen molar-refractivity contribution < 1.29 is 4.79 Å². The van der Waals surface area contributed by atoms with Gasteiger partial charge in [0.2, 0.25) is 0 Å². The molecule has 0 saturated heterocycles. The lowest BCUT2D eigenvalue weighted by Gasteiger charge is -1.94. The molecule has 0 amide bonds. The third-order valence-corrected chi connectivity index (χ3v) is 1.85. The second-order valence-electron chi connectivity index (χ2n) is 1.74. The van der Waals surface area contributed by atoms with Crippen LogP contribution in [0.15, 0.2) is 11.0 Å². The molecule has 0 fully saturated rings. The monoisotopic (exact) mass is 144 g/mol. The molecule has 0 aromatic carbocycles. The highest BCUT2D eigenvalue weighted by Crippen LogP contribution is 2.12. The van der Waals surface area contributed by atoms with Gasteiger partial charge in [-0.1, -0.05) is 13.0 Å². The molecule has 0 N–H and O–H groups in total. The predicted octanol–water partition coefficient (Wildman–Crippen LogP) is 2.23. The maximum Gasteiger partial charge on any atom is 0.165 e. The Bertz CT molecular complexity index is 127. The van der Waals surface area contributed by atoms with E-state index in [0.29, 0.717) is 0 Å². The molecule has 0 atom stereocenters. The summed E-state index contributed by atoms with van der Waals surface area (Å²) < 4.78 is 0. The van der Waals surface area contributed by atoms with Crippen molar-refractivity contribution in [2.24, 2.45) is 0 Å². The molecule has 2 heteroatoms. The average molecular weight is 144 g/mol. The fourth-order valence-electron chi connectivity index (χ4n) is 0.556. The van der Waals surface area contributed by atoms with E-state index in [9.17, 15) is 4.79 Å². The van der Waals surface area contributed by atoms with Crippen molar-refractivity contribution in [2.75, 3.05) is 6.26 Å². The summed E-state index contributed by atoms with van der Waals surface area (Å²) >= 11 is 1.51. The van der Waals surface area contributed by atoms with Crippen LogP contribution < -0.4 is 0 Å². The molecule has 0 rings (SSSR count). The topological polar surface area (TPSA) is 17.1 Å². The van der Waals surface area contributed by atoms with Gasteiger partial charge in [-0.05, 0) is 19.6 Å². The van der Waals surface area contributed by atoms with Gasteiger partial charge in [-0.25, -0.2) is 0 Å². The Kier molecular flexibility index (Phi) is 4.50. The van der Waals surface area contributed by atoms with Crippen molar-refractivity contribution in [1.29, 1.82) is 0 Å². The average Bonchev–Trinajstić information content (AvgIpc) is 1.82. The third kappa shape index (κ3) is 3.36. The van der Waals surface area contributed by atoms with Crippen molar-refractivity contribution in [3.63, 3.8) is 0 Å². The van der Waals surface area contributed by atoms with Gasteiger partial charge in [-0.2, -0.15) is 0 Å². The zero-order valence-corrected chi connectivity index (χ0v) is 6.92. The molecule has 0 unspecified atom stereocenters. The maximum absolute atomic E-state index is 10.7. The lowest BCUT2D eigenvalue weighted by atomic mass is 10.3. The normalized spacial score (nSPS) is 11.7. The van der Waals surface area contributed by atoms with Crippen molar-refractivity contribution in [1.82, 2.24) is 0 Å². The molecule has 0 radical (unpaired) electrons. The van der Waals surface area contributed by atoms with Crippen molar-refractivity contribution in [3.05, 3.63) is 11.0 Å². The largest absolute Gasteiger partial charge is 0.294 e. The van der Waals surface area contributed by atoms with Crippen molar-refractivity contribution in [3.8, 4) is 0 Å². The number of rotatable bonds is 3. The van der Waals surface area contributed by atoms with Gasteiger partial charge in [0.15, 0.2) is 5.78 Å². The van der Waals surface area contributed by atoms with Gasteiger partial charge < -0.3 is 0 Å². The number of hydrogen-bond acceptors (Lipinski definition) is 2. The lowest BCUT2D eigenvalue weighted by Crippen LogP contribution is -1.90. The maximum atomic E-state index is 10.7. The summed E-state index contributed by atoms with van der Waals surface area (Å²) in [6.45, 7) is 3.62. The Morgan fingerprint density at radius 2 is 2.22 bits per heavy atom. The van der Waals surface area contributed by atoms with Crippen LogP contribution in [0.3, 0.4) is 0 Å². The predicted molar refractivity (Wildman–Crippen MR) is 42.6 cm³/mol. The Hall–Kier alpha value is -0.240. The Morgan fingerprint density at radius 1 is 1.67 bits per heavy atom. The van der Waals surface area contributed by atoms with Crippen LogP contribution in [0.5, 0.6) is 0 Å². The molecule has 0 aromatic rings. The molecule has 0 aliphatic rings. The fourth-order valence-corrected chi connectivity index (χ4v) is 1.18. The highest BCUT2D eigenvalue weighted by Gasteiger charge is 1.97. The molecule has 1 nitrogen and oxygen atoms in total. The second kappa shape index (κ2) is 4.62. The molecular weight excluding hydrogens is 132 g/mol. The first kappa shape index (κ1) is 8.76. The van der Waals surface area contributed by atoms with Gasteiger partial charge in [0.05, 0.1) is 0 Å². The van der Waals surface area contributed by atoms with Gasteiger partial charge in [-0.3, -0.25) is 4.79 Å². The number of thioether (sulfide) groups is 1. The fraction of sp³-hybridized carbons (Fsp3) is 0.571. The summed E-state index contributed by atoms with van der Waals surface area (Å²) in [5.74, 6) is 0.171. The summed E-state index contributed by atoms with van der Waals surface area (Å²) in [6.07, 6.45) is 4.81. The molecule has 0 spiro atoms. The standard InChI is InChI=1S/C7H12OS/c1-4-5-7(9-3)6(2)8/h5H,4H2,1-3H3. The van der Waals surface area contributed by atoms with E-state index < -0.39 is 0 Å². The van der Waals surface area contributed by atoms with E-state index in [4.69, 9.17) is 0 Å². The van der Waals surface area contributed by atoms with E-state index in [1.165, 1.54) is 11.8 Å². The molecule has 0 saturated carbocycles. The van der Waals surface area contributed by atoms with Gasteiger partial charge in [0, 0.05) is 4.91 Å². The number of carbonyl (C=O) groups excluding carboxylic acids is 1. The van der Waals surface area contributed by atoms with Crippen LogP contribution in [0.4, 0.5) is 0 Å². The number of allylic oxidation sites excluding steroid dienone is 2. The van der Waals surface area contributed by atoms with Gasteiger partial charge >= 0.3 is 0 Å². The third-order valence-electron chi connectivity index (χ3n) is 0.956. The highest BCUT2D eigenvalue weighted by molar-refractivity contribution is 8.03. The van der Waals surface area contributed by atoms with E-state index in [-0.39, 0.29) is 5.78 Å². The van der Waals surface area contributed by atoms with E-state index in [1.54, 1.807) is 6.92 Å². The number of carbonyl (C=O) groups is 1. The minimum atomic E-state index is 0.171. The molecule has 9 heavy (non-hydrogen) atoms. The summed E-state index contributed by atoms with van der Waals surface area (Å²) in [5, 5.41) is 0. The minimum absolute atomic E-state index is 0.171. The zero-order chi connectivity index (χ0) is 7.28. The summed E-state index contributed by atoms with van der Waals surface area (Å²) in [6, 6.07) is 0. The van der Waals surface area contributed by atoms with Crippen LogP contribution in [-0.4, -0.2) is 12.0 Å². The molecule has 52 valence electrons. The summed E-state index contributed by atoms with van der Waals surface area (Å²) in [5.41, 5.74) is 0. The van der Waals surface area contributed by atoms with E-state index in [0.717, 1.165) is 11.3 Å². The van der Waals surface area contributed by atoms with Crippen LogP contribution in [0, 0.1) is 0 Å². The number of Topliss-reactive ketones (excluding diaryl/α,β-unsaturated/α-hetero) is 1. The molecule has 0 heterocycles. The Labute approximate surface area is 60.5 Å². The first-order chi connectivity index (χ1) is 4.22. The SMILES string of the molecule is CCC=C(SC)C(C)=O. The first-order valence-corrected chi connectivity index (χ1v) is 4.20. The van der Waals surface area contributed by atoms with Crippen LogP contribution in [0.1, 0.15) is 20.3 Å². The zero-order valence-electron chi connectivity index (χ0n) is 6.10. The van der Waals surface area contributed by atoms with E-state index in [2.05, 4.69) is 0 Å². The second-order valence-corrected chi connectivity index (χ2v) is 2.59. The van der Waals surface area contributed by atoms with Crippen molar-refractivity contribution >= 4 is 17.5 Å². The summed E-state index contributed by atoms with van der Waals surface area (Å²) in [7, 11) is 0. The van der Waals surface area contributed by atoms with Crippen molar-refractivity contribution in [2.45, 2.75) is 20.3 Å². The lowest BCUT2D eigenvalue weighted by molar-refractivity contribution is -0.112. The molecule has 0 aliphatic heterocycles. The molecule has 0 aromatic heterocycles. The number of ketones is 1. The summed E-state index contributed by atoms with van der Waals surface area (Å²) in [4.78, 5) is 11.5. The van der Waals surface area contributed by atoms with Gasteiger partial charge in [-0.15, -0.1) is 11.8 Å². The van der Waals surface area contributed by atoms with Crippen LogP contribution >= 0.6 is 11.8 Å². The smallest absolute Gasteiger partial charge is 0.165 e. The van der Waals surface area contributed by atoms with Gasteiger partial charge in [0.25, 0.3) is 0 Å². The molecule has 0 bridgehead atoms. The quantitative estimate of drug-likeness (QED) is 0.565. The number of hydrogen-bond donors (Lipinski definition) is 0. The first-order valence-electron chi connectivity index (χ1n) is 2.97. The Balaban J connectivity index is 3.98. The molecule has 0 aliphatic carbocycles. The Morgan fingerprint density at radius 3 is 2.33 bits per heavy atom.